The van der Waals surface area contributed by atoms with Crippen LogP contribution in [0.2, 0.25) is 10.0 Å². The molecule has 0 spiro atoms. The fraction of sp³-hybridized carbons (Fsp3) is 0.190. The average molecular weight is 491 g/mol. The molecule has 0 saturated carbocycles. The number of carbonyl (C=O) groups is 2. The highest BCUT2D eigenvalue weighted by Gasteiger charge is 2.22. The van der Waals surface area contributed by atoms with Gasteiger partial charge in [0.15, 0.2) is 0 Å². The second-order valence-corrected chi connectivity index (χ2v) is 7.59. The second-order valence-electron chi connectivity index (χ2n) is 6.78. The molecule has 0 bridgehead atoms. The number of amides is 1. The molecule has 0 fully saturated rings. The first kappa shape index (κ1) is 24.2. The zero-order valence-electron chi connectivity index (χ0n) is 17.7. The Balaban J connectivity index is 1.99. The van der Waals surface area contributed by atoms with Gasteiger partial charge in [0, 0.05) is 12.7 Å². The fourth-order valence-corrected chi connectivity index (χ4v) is 3.66. The third-order valence-electron chi connectivity index (χ3n) is 4.54. The number of hydrogen-bond acceptors (Lipinski definition) is 8. The van der Waals surface area contributed by atoms with E-state index in [2.05, 4.69) is 25.3 Å². The van der Waals surface area contributed by atoms with Crippen molar-refractivity contribution in [3.63, 3.8) is 0 Å². The quantitative estimate of drug-likeness (QED) is 0.429. The zero-order valence-corrected chi connectivity index (χ0v) is 19.2. The van der Waals surface area contributed by atoms with Gasteiger partial charge in [0.1, 0.15) is 17.7 Å². The van der Waals surface area contributed by atoms with Crippen molar-refractivity contribution in [1.29, 1.82) is 0 Å². The summed E-state index contributed by atoms with van der Waals surface area (Å²) in [4.78, 5) is 45.9. The Morgan fingerprint density at radius 2 is 1.88 bits per heavy atom. The van der Waals surface area contributed by atoms with Gasteiger partial charge in [-0.15, -0.1) is 0 Å². The highest BCUT2D eigenvalue weighted by Crippen LogP contribution is 2.30. The number of halogens is 2. The van der Waals surface area contributed by atoms with Crippen LogP contribution >= 0.6 is 23.2 Å². The minimum absolute atomic E-state index is 0.0248. The van der Waals surface area contributed by atoms with E-state index in [-0.39, 0.29) is 27.1 Å². The molecule has 0 aliphatic carbocycles. The lowest BCUT2D eigenvalue weighted by Crippen LogP contribution is -2.31. The van der Waals surface area contributed by atoms with Crippen molar-refractivity contribution in [1.82, 2.24) is 19.9 Å². The maximum Gasteiger partial charge on any atom is 0.337 e. The molecule has 4 N–H and O–H groups in total. The van der Waals surface area contributed by atoms with Crippen LogP contribution in [0, 0.1) is 0 Å². The summed E-state index contributed by atoms with van der Waals surface area (Å²) >= 11 is 12.6. The molecular weight excluding hydrogens is 471 g/mol. The highest BCUT2D eigenvalue weighted by atomic mass is 35.5. The Hall–Kier alpha value is -3.47. The minimum Gasteiger partial charge on any atom is -0.465 e. The summed E-state index contributed by atoms with van der Waals surface area (Å²) in [5.41, 5.74) is 5.98. The van der Waals surface area contributed by atoms with Gasteiger partial charge in [-0.1, -0.05) is 30.1 Å². The number of nitrogens with zero attached hydrogens (tertiary/aromatic N) is 3. The Kier molecular flexibility index (Phi) is 7.64. The summed E-state index contributed by atoms with van der Waals surface area (Å²) in [6.45, 7) is 3.30. The number of anilines is 2. The lowest BCUT2D eigenvalue weighted by Gasteiger charge is -2.14. The van der Waals surface area contributed by atoms with E-state index >= 15 is 0 Å². The summed E-state index contributed by atoms with van der Waals surface area (Å²) in [5.74, 6) is -1.71. The second kappa shape index (κ2) is 10.4. The van der Waals surface area contributed by atoms with Crippen molar-refractivity contribution >= 4 is 46.6 Å². The molecule has 2 aromatic heterocycles. The molecule has 0 radical (unpaired) electrons. The fourth-order valence-electron chi connectivity index (χ4n) is 2.99. The maximum absolute atomic E-state index is 13.2. The maximum atomic E-state index is 13.2. The predicted octanol–water partition coefficient (Wildman–Crippen LogP) is 2.66. The van der Waals surface area contributed by atoms with Crippen LogP contribution in [0.4, 0.5) is 11.5 Å². The molecule has 1 amide bonds. The van der Waals surface area contributed by atoms with Gasteiger partial charge < -0.3 is 21.1 Å². The topological polar surface area (TPSA) is 141 Å². The monoisotopic (exact) mass is 490 g/mol. The Morgan fingerprint density at radius 3 is 2.52 bits per heavy atom. The molecule has 3 aromatic rings. The number of esters is 1. The first-order valence-corrected chi connectivity index (χ1v) is 10.4. The molecule has 1 aromatic carbocycles. The van der Waals surface area contributed by atoms with Crippen molar-refractivity contribution in [3.05, 3.63) is 74.0 Å². The van der Waals surface area contributed by atoms with Gasteiger partial charge in [0.05, 0.1) is 40.3 Å². The van der Waals surface area contributed by atoms with Gasteiger partial charge in [-0.25, -0.2) is 9.78 Å². The number of pyridine rings is 1. The van der Waals surface area contributed by atoms with Crippen molar-refractivity contribution in [2.24, 2.45) is 0 Å². The van der Waals surface area contributed by atoms with Crippen molar-refractivity contribution < 1.29 is 14.3 Å². The van der Waals surface area contributed by atoms with E-state index < -0.39 is 23.0 Å². The number of aromatic nitrogens is 3. The normalized spacial score (nSPS) is 10.7. The smallest absolute Gasteiger partial charge is 0.337 e. The van der Waals surface area contributed by atoms with E-state index in [1.807, 2.05) is 6.92 Å². The van der Waals surface area contributed by atoms with Gasteiger partial charge in [-0.05, 0) is 30.3 Å². The number of nitrogen functional groups attached to an aromatic ring is 1. The molecule has 33 heavy (non-hydrogen) atoms. The molecule has 0 saturated heterocycles. The zero-order chi connectivity index (χ0) is 24.1. The number of carbonyl (C=O) groups excluding carboxylic acids is 2. The van der Waals surface area contributed by atoms with Gasteiger partial charge >= 0.3 is 5.97 Å². The van der Waals surface area contributed by atoms with Gasteiger partial charge in [0.25, 0.3) is 11.5 Å². The lowest BCUT2D eigenvalue weighted by atomic mass is 10.2. The average Bonchev–Trinajstić information content (AvgIpc) is 2.78. The van der Waals surface area contributed by atoms with Crippen molar-refractivity contribution in [2.45, 2.75) is 13.5 Å². The molecule has 0 aliphatic rings. The van der Waals surface area contributed by atoms with Gasteiger partial charge in [0.2, 0.25) is 0 Å². The molecule has 172 valence electrons. The van der Waals surface area contributed by atoms with E-state index in [1.54, 1.807) is 12.3 Å². The molecule has 12 heteroatoms. The van der Waals surface area contributed by atoms with Gasteiger partial charge in [-0.3, -0.25) is 19.1 Å². The summed E-state index contributed by atoms with van der Waals surface area (Å²) < 4.78 is 5.64. The number of nitrogens with two attached hydrogens (primary N) is 1. The van der Waals surface area contributed by atoms with Crippen LogP contribution in [0.15, 0.2) is 41.7 Å². The van der Waals surface area contributed by atoms with Crippen LogP contribution in [0.1, 0.15) is 33.2 Å². The van der Waals surface area contributed by atoms with Crippen LogP contribution in [0.25, 0.3) is 5.69 Å². The first-order valence-electron chi connectivity index (χ1n) is 9.67. The van der Waals surface area contributed by atoms with E-state index in [0.29, 0.717) is 12.2 Å². The van der Waals surface area contributed by atoms with Crippen LogP contribution in [0.5, 0.6) is 0 Å². The highest BCUT2D eigenvalue weighted by molar-refractivity contribution is 6.38. The Morgan fingerprint density at radius 1 is 1.18 bits per heavy atom. The van der Waals surface area contributed by atoms with E-state index in [0.717, 1.165) is 23.0 Å². The largest absolute Gasteiger partial charge is 0.465 e. The van der Waals surface area contributed by atoms with E-state index in [4.69, 9.17) is 28.9 Å². The molecule has 0 atom stereocenters. The van der Waals surface area contributed by atoms with Crippen LogP contribution in [0.3, 0.4) is 0 Å². The van der Waals surface area contributed by atoms with Crippen molar-refractivity contribution in [3.8, 4) is 5.69 Å². The molecule has 0 aliphatic heterocycles. The summed E-state index contributed by atoms with van der Waals surface area (Å²) in [5, 5.41) is 5.71. The first-order chi connectivity index (χ1) is 15.8. The van der Waals surface area contributed by atoms with Crippen molar-refractivity contribution in [2.75, 3.05) is 24.7 Å². The third-order valence-corrected chi connectivity index (χ3v) is 5.12. The molecule has 0 unspecified atom stereocenters. The van der Waals surface area contributed by atoms with Crippen LogP contribution < -0.4 is 21.9 Å². The van der Waals surface area contributed by atoms with E-state index in [1.165, 1.54) is 25.4 Å². The predicted molar refractivity (Wildman–Crippen MR) is 125 cm³/mol. The minimum atomic E-state index is -0.800. The van der Waals surface area contributed by atoms with Gasteiger partial charge in [-0.2, -0.15) is 0 Å². The number of benzene rings is 1. The van der Waals surface area contributed by atoms with Crippen LogP contribution in [-0.4, -0.2) is 40.1 Å². The molecular formula is C21H20Cl2N6O4. The standard InChI is InChI=1S/C21H20Cl2N6O4/c1-3-25-7-11-4-13(9-26-8-11)28-19(30)16-18(24)27-10-29(20(16)31)17-14(22)5-12(6-15(17)23)21(32)33-2/h4-6,8-10,25H,3,7,24H2,1-2H3,(H,28,30). The lowest BCUT2D eigenvalue weighted by molar-refractivity contribution is 0.0600. The molecule has 3 rings (SSSR count). The number of ether oxygens (including phenoxy) is 1. The van der Waals surface area contributed by atoms with Crippen LogP contribution in [-0.2, 0) is 11.3 Å². The number of hydrogen-bond donors (Lipinski definition) is 3. The van der Waals surface area contributed by atoms with E-state index in [9.17, 15) is 14.4 Å². The summed E-state index contributed by atoms with van der Waals surface area (Å²) in [7, 11) is 1.21. The Bertz CT molecular complexity index is 1250. The molecule has 10 nitrogen and oxygen atoms in total. The molecule has 2 heterocycles. The third kappa shape index (κ3) is 5.30. The number of rotatable bonds is 7. The SMILES string of the molecule is CCNCc1cncc(NC(=O)c2c(N)ncn(-c3c(Cl)cc(C(=O)OC)cc3Cl)c2=O)c1. The number of nitrogens with one attached hydrogen (secondary N) is 2. The number of methoxy groups -OCH3 is 1. The Labute approximate surface area is 198 Å². The summed E-state index contributed by atoms with van der Waals surface area (Å²) in [6.07, 6.45) is 4.20. The summed E-state index contributed by atoms with van der Waals surface area (Å²) in [6, 6.07) is 4.30.